The first-order chi connectivity index (χ1) is 5.56. The number of hydrogen-bond donors (Lipinski definition) is 1. The van der Waals surface area contributed by atoms with Gasteiger partial charge in [-0.15, -0.1) is 0 Å². The zero-order valence-electron chi connectivity index (χ0n) is 8.94. The van der Waals surface area contributed by atoms with E-state index < -0.39 is 0 Å². The Hall–Kier alpha value is -0.0800. The maximum atomic E-state index is 4.93. The van der Waals surface area contributed by atoms with E-state index in [9.17, 15) is 0 Å². The van der Waals surface area contributed by atoms with Crippen LogP contribution in [0.25, 0.3) is 0 Å². The lowest BCUT2D eigenvalue weighted by Gasteiger charge is -2.17. The maximum Gasteiger partial charge on any atom is 0.0587 e. The molecule has 0 aliphatic heterocycles. The molecule has 0 amide bonds. The molecule has 12 heavy (non-hydrogen) atoms. The Morgan fingerprint density at radius 2 is 1.83 bits per heavy atom. The molecule has 0 unspecified atom stereocenters. The van der Waals surface area contributed by atoms with E-state index in [-0.39, 0.29) is 0 Å². The van der Waals surface area contributed by atoms with E-state index in [1.807, 2.05) is 0 Å². The fourth-order valence-corrected chi connectivity index (χ4v) is 1.04. The molecule has 0 aromatic rings. The number of ether oxygens (including phenoxy) is 1. The zero-order chi connectivity index (χ0) is 9.45. The first kappa shape index (κ1) is 11.9. The van der Waals surface area contributed by atoms with Gasteiger partial charge < -0.3 is 10.1 Å². The van der Waals surface area contributed by atoms with Crippen LogP contribution >= 0.6 is 0 Å². The molecule has 0 spiro atoms. The van der Waals surface area contributed by atoms with Crippen molar-refractivity contribution < 1.29 is 4.74 Å². The molecule has 1 N–H and O–H groups in total. The molecule has 0 aliphatic carbocycles. The summed E-state index contributed by atoms with van der Waals surface area (Å²) >= 11 is 0. The van der Waals surface area contributed by atoms with Crippen LogP contribution in [0, 0.1) is 5.41 Å². The Morgan fingerprint density at radius 3 is 2.33 bits per heavy atom. The fraction of sp³-hybridized carbons (Fsp3) is 1.00. The average Bonchev–Trinajstić information content (AvgIpc) is 1.94. The van der Waals surface area contributed by atoms with Crippen LogP contribution in [0.1, 0.15) is 33.6 Å². The second-order valence-electron chi connectivity index (χ2n) is 4.41. The van der Waals surface area contributed by atoms with Gasteiger partial charge in [0.05, 0.1) is 6.61 Å². The minimum absolute atomic E-state index is 0.475. The molecule has 0 bridgehead atoms. The minimum Gasteiger partial charge on any atom is -0.383 e. The Morgan fingerprint density at radius 1 is 1.17 bits per heavy atom. The largest absolute Gasteiger partial charge is 0.383 e. The van der Waals surface area contributed by atoms with E-state index in [1.54, 1.807) is 7.11 Å². The summed E-state index contributed by atoms with van der Waals surface area (Å²) < 4.78 is 4.93. The average molecular weight is 173 g/mol. The summed E-state index contributed by atoms with van der Waals surface area (Å²) in [7, 11) is 1.73. The van der Waals surface area contributed by atoms with Crippen molar-refractivity contribution in [3.8, 4) is 0 Å². The normalized spacial score (nSPS) is 12.0. The number of methoxy groups -OCH3 is 1. The van der Waals surface area contributed by atoms with Crippen LogP contribution in [0.3, 0.4) is 0 Å². The van der Waals surface area contributed by atoms with E-state index in [0.29, 0.717) is 5.41 Å². The molecule has 0 saturated carbocycles. The van der Waals surface area contributed by atoms with Crippen LogP contribution in [0.2, 0.25) is 0 Å². The van der Waals surface area contributed by atoms with Crippen molar-refractivity contribution in [3.63, 3.8) is 0 Å². The molecule has 0 heterocycles. The summed E-state index contributed by atoms with van der Waals surface area (Å²) in [5.74, 6) is 0. The van der Waals surface area contributed by atoms with Gasteiger partial charge in [0.15, 0.2) is 0 Å². The van der Waals surface area contributed by atoms with E-state index in [0.717, 1.165) is 19.7 Å². The van der Waals surface area contributed by atoms with Crippen LogP contribution in [0.4, 0.5) is 0 Å². The quantitative estimate of drug-likeness (QED) is 0.621. The maximum absolute atomic E-state index is 4.93. The van der Waals surface area contributed by atoms with Crippen molar-refractivity contribution >= 4 is 0 Å². The monoisotopic (exact) mass is 173 g/mol. The van der Waals surface area contributed by atoms with E-state index in [1.165, 1.54) is 12.8 Å². The number of nitrogens with one attached hydrogen (secondary N) is 1. The predicted molar refractivity (Wildman–Crippen MR) is 53.4 cm³/mol. The van der Waals surface area contributed by atoms with Crippen LogP contribution in [0.15, 0.2) is 0 Å². The highest BCUT2D eigenvalue weighted by Crippen LogP contribution is 2.19. The first-order valence-corrected chi connectivity index (χ1v) is 4.76. The Bertz CT molecular complexity index is 96.5. The first-order valence-electron chi connectivity index (χ1n) is 4.76. The lowest BCUT2D eigenvalue weighted by atomic mass is 9.91. The molecular formula is C10H23NO. The second-order valence-corrected chi connectivity index (χ2v) is 4.41. The lowest BCUT2D eigenvalue weighted by molar-refractivity contribution is 0.199. The van der Waals surface area contributed by atoms with Crippen LogP contribution in [-0.2, 0) is 4.74 Å². The van der Waals surface area contributed by atoms with Crippen molar-refractivity contribution in [3.05, 3.63) is 0 Å². The van der Waals surface area contributed by atoms with Crippen molar-refractivity contribution in [1.29, 1.82) is 0 Å². The molecule has 0 rings (SSSR count). The molecular weight excluding hydrogens is 150 g/mol. The molecule has 0 saturated heterocycles. The molecule has 0 aliphatic rings. The third kappa shape index (κ3) is 9.92. The lowest BCUT2D eigenvalue weighted by Crippen LogP contribution is -2.21. The van der Waals surface area contributed by atoms with E-state index in [2.05, 4.69) is 26.1 Å². The SMILES string of the molecule is COCCNCCCC(C)(C)C. The standard InChI is InChI=1S/C10H23NO/c1-10(2,3)6-5-7-11-8-9-12-4/h11H,5-9H2,1-4H3. The van der Waals surface area contributed by atoms with Gasteiger partial charge in [0.25, 0.3) is 0 Å². The molecule has 0 atom stereocenters. The Kier molecular flexibility index (Phi) is 6.39. The van der Waals surface area contributed by atoms with Gasteiger partial charge >= 0.3 is 0 Å². The summed E-state index contributed by atoms with van der Waals surface area (Å²) in [6.45, 7) is 9.74. The summed E-state index contributed by atoms with van der Waals surface area (Å²) in [4.78, 5) is 0. The Labute approximate surface area is 76.7 Å². The minimum atomic E-state index is 0.475. The zero-order valence-corrected chi connectivity index (χ0v) is 8.94. The third-order valence-electron chi connectivity index (χ3n) is 1.76. The highest BCUT2D eigenvalue weighted by Gasteiger charge is 2.08. The molecule has 2 nitrogen and oxygen atoms in total. The van der Waals surface area contributed by atoms with Gasteiger partial charge in [-0.25, -0.2) is 0 Å². The van der Waals surface area contributed by atoms with Crippen molar-refractivity contribution in [2.75, 3.05) is 26.8 Å². The van der Waals surface area contributed by atoms with Gasteiger partial charge in [-0.3, -0.25) is 0 Å². The van der Waals surface area contributed by atoms with E-state index in [4.69, 9.17) is 4.74 Å². The van der Waals surface area contributed by atoms with Gasteiger partial charge in [0.1, 0.15) is 0 Å². The molecule has 0 fully saturated rings. The van der Waals surface area contributed by atoms with Crippen molar-refractivity contribution in [1.82, 2.24) is 5.32 Å². The smallest absolute Gasteiger partial charge is 0.0587 e. The third-order valence-corrected chi connectivity index (χ3v) is 1.76. The summed E-state index contributed by atoms with van der Waals surface area (Å²) in [5.41, 5.74) is 0.475. The van der Waals surface area contributed by atoms with Gasteiger partial charge in [0, 0.05) is 13.7 Å². The number of rotatable bonds is 6. The Balaban J connectivity index is 3.01. The second kappa shape index (κ2) is 6.44. The van der Waals surface area contributed by atoms with Gasteiger partial charge in [-0.1, -0.05) is 20.8 Å². The summed E-state index contributed by atoms with van der Waals surface area (Å²) in [6, 6.07) is 0. The summed E-state index contributed by atoms with van der Waals surface area (Å²) in [6.07, 6.45) is 2.54. The van der Waals surface area contributed by atoms with Crippen LogP contribution in [0.5, 0.6) is 0 Å². The molecule has 0 aromatic carbocycles. The topological polar surface area (TPSA) is 21.3 Å². The van der Waals surface area contributed by atoms with Gasteiger partial charge in [0.2, 0.25) is 0 Å². The molecule has 74 valence electrons. The molecule has 0 aromatic heterocycles. The highest BCUT2D eigenvalue weighted by atomic mass is 16.5. The van der Waals surface area contributed by atoms with Gasteiger partial charge in [-0.05, 0) is 24.8 Å². The van der Waals surface area contributed by atoms with Gasteiger partial charge in [-0.2, -0.15) is 0 Å². The van der Waals surface area contributed by atoms with Crippen LogP contribution < -0.4 is 5.32 Å². The fourth-order valence-electron chi connectivity index (χ4n) is 1.04. The van der Waals surface area contributed by atoms with Crippen molar-refractivity contribution in [2.45, 2.75) is 33.6 Å². The van der Waals surface area contributed by atoms with Crippen LogP contribution in [-0.4, -0.2) is 26.8 Å². The van der Waals surface area contributed by atoms with Crippen molar-refractivity contribution in [2.24, 2.45) is 5.41 Å². The van der Waals surface area contributed by atoms with E-state index >= 15 is 0 Å². The molecule has 0 radical (unpaired) electrons. The number of hydrogen-bond acceptors (Lipinski definition) is 2. The predicted octanol–water partition coefficient (Wildman–Crippen LogP) is 2.05. The highest BCUT2D eigenvalue weighted by molar-refractivity contribution is 4.61. The summed E-state index contributed by atoms with van der Waals surface area (Å²) in [5, 5.41) is 3.33. The molecule has 2 heteroatoms.